The highest BCUT2D eigenvalue weighted by molar-refractivity contribution is 7.93. The molecule has 11 nitrogen and oxygen atoms in total. The highest BCUT2D eigenvalue weighted by Gasteiger charge is 2.37. The second kappa shape index (κ2) is 13.8. The summed E-state index contributed by atoms with van der Waals surface area (Å²) in [6, 6.07) is 14.2. The fourth-order valence-corrected chi connectivity index (χ4v) is 7.41. The van der Waals surface area contributed by atoms with Crippen LogP contribution < -0.4 is 9.47 Å². The number of rotatable bonds is 11. The van der Waals surface area contributed by atoms with Crippen LogP contribution in [0.3, 0.4) is 0 Å². The number of carbonyl (C=O) groups excluding carboxylic acids is 1. The molecule has 0 spiro atoms. The SMILES string of the molecule is COC(=O)c1cc(OC(F)F)c2nc(CN3CCC(c4cccc(OCc5ccc(C#N)cc5F)n4)CC3)n(C[C@@H]3CCS3(=O)=O)c2c1. The van der Waals surface area contributed by atoms with E-state index in [1.807, 2.05) is 18.2 Å². The molecule has 0 aliphatic carbocycles. The number of piperidine rings is 1. The highest BCUT2D eigenvalue weighted by Crippen LogP contribution is 2.34. The number of imidazole rings is 1. The summed E-state index contributed by atoms with van der Waals surface area (Å²) >= 11 is 0. The van der Waals surface area contributed by atoms with Crippen LogP contribution in [-0.4, -0.2) is 71.6 Å². The first kappa shape index (κ1) is 33.2. The minimum Gasteiger partial charge on any atom is -0.473 e. The van der Waals surface area contributed by atoms with Crippen molar-refractivity contribution in [3.63, 3.8) is 0 Å². The van der Waals surface area contributed by atoms with Gasteiger partial charge in [-0.15, -0.1) is 0 Å². The third-order valence-electron chi connectivity index (χ3n) is 8.83. The number of fused-ring (bicyclic) bond motifs is 1. The van der Waals surface area contributed by atoms with E-state index in [1.165, 1.54) is 25.3 Å². The van der Waals surface area contributed by atoms with Gasteiger partial charge < -0.3 is 18.8 Å². The van der Waals surface area contributed by atoms with Gasteiger partial charge in [0.25, 0.3) is 0 Å². The van der Waals surface area contributed by atoms with Crippen molar-refractivity contribution in [3.8, 4) is 17.7 Å². The Morgan fingerprint density at radius 3 is 2.54 bits per heavy atom. The summed E-state index contributed by atoms with van der Waals surface area (Å²) < 4.78 is 83.0. The Morgan fingerprint density at radius 1 is 1.10 bits per heavy atom. The zero-order valence-electron chi connectivity index (χ0n) is 25.9. The number of alkyl halides is 2. The molecule has 2 fully saturated rings. The maximum Gasteiger partial charge on any atom is 0.387 e. The molecule has 15 heteroatoms. The first-order valence-corrected chi connectivity index (χ1v) is 17.0. The average Bonchev–Trinajstić information content (AvgIpc) is 3.42. The Balaban J connectivity index is 1.19. The number of hydrogen-bond acceptors (Lipinski definition) is 10. The van der Waals surface area contributed by atoms with Crippen molar-refractivity contribution in [2.24, 2.45) is 0 Å². The first-order valence-electron chi connectivity index (χ1n) is 15.3. The number of pyridine rings is 1. The molecule has 252 valence electrons. The maximum atomic E-state index is 14.3. The van der Waals surface area contributed by atoms with E-state index in [9.17, 15) is 26.4 Å². The summed E-state index contributed by atoms with van der Waals surface area (Å²) in [6.45, 7) is -1.55. The van der Waals surface area contributed by atoms with E-state index in [0.29, 0.717) is 48.8 Å². The summed E-state index contributed by atoms with van der Waals surface area (Å²) in [7, 11) is -2.12. The second-order valence-electron chi connectivity index (χ2n) is 11.8. The van der Waals surface area contributed by atoms with E-state index < -0.39 is 33.5 Å². The van der Waals surface area contributed by atoms with Crippen molar-refractivity contribution in [2.45, 2.75) is 56.7 Å². The molecule has 6 rings (SSSR count). The number of carbonyl (C=O) groups is 1. The summed E-state index contributed by atoms with van der Waals surface area (Å²) in [5.41, 5.74) is 1.76. The zero-order valence-corrected chi connectivity index (χ0v) is 26.8. The molecular weight excluding hydrogens is 651 g/mol. The standard InChI is InChI=1S/C33H32F3N5O6S/c1-45-32(42)23-14-27-31(28(15-23)47-33(35)36)39-29(41(27)17-24-9-12-48(24,43)44)18-40-10-7-21(8-11-40)26-3-2-4-30(38-26)46-19-22-6-5-20(16-37)13-25(22)34/h2-6,13-15,21,24,33H,7-12,17-19H2,1H3/t24-/m0/s1. The number of benzene rings is 2. The van der Waals surface area contributed by atoms with Gasteiger partial charge in [-0.25, -0.2) is 27.6 Å². The van der Waals surface area contributed by atoms with Crippen LogP contribution in [0.1, 0.15) is 58.2 Å². The molecule has 2 aliphatic heterocycles. The van der Waals surface area contributed by atoms with Crippen molar-refractivity contribution < 1.29 is 40.6 Å². The minimum atomic E-state index is -3.30. The number of methoxy groups -OCH3 is 1. The predicted octanol–water partition coefficient (Wildman–Crippen LogP) is 4.98. The van der Waals surface area contributed by atoms with Crippen LogP contribution in [0.2, 0.25) is 0 Å². The largest absolute Gasteiger partial charge is 0.473 e. The molecule has 0 unspecified atom stereocenters. The molecule has 2 aliphatic rings. The van der Waals surface area contributed by atoms with Gasteiger partial charge >= 0.3 is 12.6 Å². The summed E-state index contributed by atoms with van der Waals surface area (Å²) in [4.78, 5) is 23.8. The molecule has 0 saturated carbocycles. The lowest BCUT2D eigenvalue weighted by Crippen LogP contribution is -2.40. The van der Waals surface area contributed by atoms with Crippen LogP contribution >= 0.6 is 0 Å². The van der Waals surface area contributed by atoms with Crippen LogP contribution in [0.4, 0.5) is 13.2 Å². The number of aromatic nitrogens is 3. The number of nitriles is 1. The van der Waals surface area contributed by atoms with Gasteiger partial charge in [-0.3, -0.25) is 4.90 Å². The van der Waals surface area contributed by atoms with Gasteiger partial charge in [0.2, 0.25) is 5.88 Å². The Hall–Kier alpha value is -4.68. The van der Waals surface area contributed by atoms with Crippen LogP contribution in [-0.2, 0) is 34.3 Å². The maximum absolute atomic E-state index is 14.3. The zero-order chi connectivity index (χ0) is 34.0. The Bertz CT molecular complexity index is 1990. The van der Waals surface area contributed by atoms with Gasteiger partial charge in [0.1, 0.15) is 23.8 Å². The van der Waals surface area contributed by atoms with Crippen LogP contribution in [0.25, 0.3) is 11.0 Å². The van der Waals surface area contributed by atoms with Gasteiger partial charge in [-0.2, -0.15) is 14.0 Å². The molecule has 0 bridgehead atoms. The van der Waals surface area contributed by atoms with Gasteiger partial charge in [0.15, 0.2) is 15.6 Å². The monoisotopic (exact) mass is 683 g/mol. The summed E-state index contributed by atoms with van der Waals surface area (Å²) in [5, 5.41) is 8.29. The van der Waals surface area contributed by atoms with E-state index >= 15 is 0 Å². The number of likely N-dealkylation sites (tertiary alicyclic amines) is 1. The quantitative estimate of drug-likeness (QED) is 0.199. The Morgan fingerprint density at radius 2 is 1.90 bits per heavy atom. The van der Waals surface area contributed by atoms with Crippen molar-refractivity contribution >= 4 is 26.8 Å². The highest BCUT2D eigenvalue weighted by atomic mass is 32.2. The fourth-order valence-electron chi connectivity index (χ4n) is 6.08. The first-order chi connectivity index (χ1) is 23.0. The molecule has 48 heavy (non-hydrogen) atoms. The third-order valence-corrected chi connectivity index (χ3v) is 11.0. The van der Waals surface area contributed by atoms with E-state index in [2.05, 4.69) is 14.9 Å². The van der Waals surface area contributed by atoms with Gasteiger partial charge in [-0.05, 0) is 62.7 Å². The van der Waals surface area contributed by atoms with Crippen molar-refractivity contribution in [3.05, 3.63) is 82.6 Å². The second-order valence-corrected chi connectivity index (χ2v) is 14.2. The number of hydrogen-bond donors (Lipinski definition) is 0. The average molecular weight is 684 g/mol. The normalized spacial score (nSPS) is 18.0. The number of nitrogens with zero attached hydrogens (tertiary/aromatic N) is 5. The number of halogens is 3. The molecule has 0 radical (unpaired) electrons. The lowest BCUT2D eigenvalue weighted by Gasteiger charge is -2.32. The molecule has 2 aromatic heterocycles. The Labute approximate surface area is 274 Å². The van der Waals surface area contributed by atoms with Gasteiger partial charge in [-0.1, -0.05) is 12.1 Å². The van der Waals surface area contributed by atoms with Crippen LogP contribution in [0.5, 0.6) is 11.6 Å². The molecule has 0 N–H and O–H groups in total. The number of esters is 1. The molecule has 0 amide bonds. The van der Waals surface area contributed by atoms with E-state index in [0.717, 1.165) is 30.7 Å². The third kappa shape index (κ3) is 7.09. The predicted molar refractivity (Wildman–Crippen MR) is 167 cm³/mol. The minimum absolute atomic E-state index is 0.0219. The number of ether oxygens (including phenoxy) is 3. The van der Waals surface area contributed by atoms with E-state index in [4.69, 9.17) is 19.5 Å². The van der Waals surface area contributed by atoms with Gasteiger partial charge in [0.05, 0.1) is 47.4 Å². The van der Waals surface area contributed by atoms with Gasteiger partial charge in [0, 0.05) is 29.8 Å². The molecule has 1 atom stereocenters. The molecular formula is C33H32F3N5O6S. The van der Waals surface area contributed by atoms with Crippen molar-refractivity contribution in [2.75, 3.05) is 26.0 Å². The van der Waals surface area contributed by atoms with Crippen molar-refractivity contribution in [1.29, 1.82) is 5.26 Å². The lowest BCUT2D eigenvalue weighted by atomic mass is 9.93. The van der Waals surface area contributed by atoms with Crippen LogP contribution in [0.15, 0.2) is 48.5 Å². The summed E-state index contributed by atoms with van der Waals surface area (Å²) in [5.74, 6) is -0.568. The topological polar surface area (TPSA) is 137 Å². The summed E-state index contributed by atoms with van der Waals surface area (Å²) in [6.07, 6.45) is 1.94. The lowest BCUT2D eigenvalue weighted by molar-refractivity contribution is -0.0490. The molecule has 4 heterocycles. The molecule has 2 aromatic carbocycles. The van der Waals surface area contributed by atoms with Crippen molar-refractivity contribution in [1.82, 2.24) is 19.4 Å². The Kier molecular flexibility index (Phi) is 9.56. The van der Waals surface area contributed by atoms with E-state index in [-0.39, 0.29) is 47.2 Å². The number of sulfone groups is 1. The molecule has 2 saturated heterocycles. The van der Waals surface area contributed by atoms with Crippen LogP contribution in [0, 0.1) is 17.1 Å². The fraction of sp³-hybridized carbons (Fsp3) is 0.394. The van der Waals surface area contributed by atoms with E-state index in [1.54, 1.807) is 10.6 Å². The molecule has 4 aromatic rings. The smallest absolute Gasteiger partial charge is 0.387 e.